The number of rotatable bonds is 3. The highest BCUT2D eigenvalue weighted by atomic mass is 35.5. The quantitative estimate of drug-likeness (QED) is 0.847. The van der Waals surface area contributed by atoms with Crippen LogP contribution in [0.15, 0.2) is 36.4 Å². The molecule has 1 N–H and O–H groups in total. The molecule has 0 amide bonds. The number of anilines is 1. The summed E-state index contributed by atoms with van der Waals surface area (Å²) in [5.41, 5.74) is 4.98. The van der Waals surface area contributed by atoms with Crippen LogP contribution >= 0.6 is 11.6 Å². The molecule has 0 spiro atoms. The van der Waals surface area contributed by atoms with Crippen molar-refractivity contribution in [3.8, 4) is 5.75 Å². The Labute approximate surface area is 131 Å². The molecule has 0 radical (unpaired) electrons. The summed E-state index contributed by atoms with van der Waals surface area (Å²) in [5, 5.41) is 4.46. The Kier molecular flexibility index (Phi) is 4.07. The summed E-state index contributed by atoms with van der Waals surface area (Å²) in [6.07, 6.45) is 3.48. The van der Waals surface area contributed by atoms with Crippen LogP contribution in [0.25, 0.3) is 0 Å². The topological polar surface area (TPSA) is 21.3 Å². The van der Waals surface area contributed by atoms with Crippen LogP contribution in [-0.4, -0.2) is 7.11 Å². The Morgan fingerprint density at radius 3 is 2.90 bits per heavy atom. The normalized spacial score (nSPS) is 17.2. The standard InChI is InChI=1S/C18H20ClNO/c1-12-16(19)6-4-7-17(12)20-18-8-3-5-13-9-10-14(21-2)11-15(13)18/h4,6-7,9-11,18,20H,3,5,8H2,1-2H3. The molecule has 1 unspecified atom stereocenters. The summed E-state index contributed by atoms with van der Waals surface area (Å²) in [4.78, 5) is 0. The summed E-state index contributed by atoms with van der Waals surface area (Å²) in [7, 11) is 1.72. The second-order valence-corrected chi connectivity index (χ2v) is 5.97. The molecule has 0 aliphatic heterocycles. The summed E-state index contributed by atoms with van der Waals surface area (Å²) >= 11 is 6.22. The summed E-state index contributed by atoms with van der Waals surface area (Å²) in [5.74, 6) is 0.922. The highest BCUT2D eigenvalue weighted by Crippen LogP contribution is 2.36. The van der Waals surface area contributed by atoms with Gasteiger partial charge >= 0.3 is 0 Å². The Morgan fingerprint density at radius 2 is 2.10 bits per heavy atom. The van der Waals surface area contributed by atoms with Crippen LogP contribution in [0.5, 0.6) is 5.75 Å². The van der Waals surface area contributed by atoms with Gasteiger partial charge in [-0.15, -0.1) is 0 Å². The first-order valence-corrected chi connectivity index (χ1v) is 7.75. The first-order valence-electron chi connectivity index (χ1n) is 7.37. The highest BCUT2D eigenvalue weighted by Gasteiger charge is 2.21. The summed E-state index contributed by atoms with van der Waals surface area (Å²) < 4.78 is 5.37. The number of benzene rings is 2. The van der Waals surface area contributed by atoms with Gasteiger partial charge in [0.05, 0.1) is 13.2 Å². The van der Waals surface area contributed by atoms with E-state index in [1.54, 1.807) is 7.11 Å². The maximum absolute atomic E-state index is 6.22. The fraction of sp³-hybridized carbons (Fsp3) is 0.333. The lowest BCUT2D eigenvalue weighted by atomic mass is 9.87. The monoisotopic (exact) mass is 301 g/mol. The van der Waals surface area contributed by atoms with Crippen molar-refractivity contribution >= 4 is 17.3 Å². The molecular formula is C18H20ClNO. The second-order valence-electron chi connectivity index (χ2n) is 5.57. The van der Waals surface area contributed by atoms with E-state index in [-0.39, 0.29) is 0 Å². The van der Waals surface area contributed by atoms with E-state index in [4.69, 9.17) is 16.3 Å². The highest BCUT2D eigenvalue weighted by molar-refractivity contribution is 6.31. The van der Waals surface area contributed by atoms with Crippen molar-refractivity contribution in [2.45, 2.75) is 32.2 Å². The van der Waals surface area contributed by atoms with Crippen molar-refractivity contribution in [1.82, 2.24) is 0 Å². The Bertz CT molecular complexity index is 654. The predicted octanol–water partition coefficient (Wildman–Crippen LogP) is 5.15. The van der Waals surface area contributed by atoms with Gasteiger partial charge in [-0.1, -0.05) is 23.7 Å². The van der Waals surface area contributed by atoms with Crippen LogP contribution in [0.3, 0.4) is 0 Å². The molecule has 110 valence electrons. The molecule has 0 heterocycles. The molecule has 0 saturated heterocycles. The number of fused-ring (bicyclic) bond motifs is 1. The molecule has 21 heavy (non-hydrogen) atoms. The van der Waals surface area contributed by atoms with Crippen molar-refractivity contribution < 1.29 is 4.74 Å². The molecule has 1 aliphatic rings. The zero-order chi connectivity index (χ0) is 14.8. The van der Waals surface area contributed by atoms with E-state index >= 15 is 0 Å². The maximum Gasteiger partial charge on any atom is 0.119 e. The molecule has 3 heteroatoms. The van der Waals surface area contributed by atoms with Gasteiger partial charge in [-0.2, -0.15) is 0 Å². The average molecular weight is 302 g/mol. The van der Waals surface area contributed by atoms with Gasteiger partial charge in [0.2, 0.25) is 0 Å². The zero-order valence-electron chi connectivity index (χ0n) is 12.4. The number of aryl methyl sites for hydroxylation is 1. The van der Waals surface area contributed by atoms with E-state index in [0.717, 1.165) is 34.9 Å². The predicted molar refractivity (Wildman–Crippen MR) is 88.5 cm³/mol. The molecule has 1 aliphatic carbocycles. The number of hydrogen-bond donors (Lipinski definition) is 1. The van der Waals surface area contributed by atoms with Gasteiger partial charge in [-0.3, -0.25) is 0 Å². The SMILES string of the molecule is COc1ccc2c(c1)C(Nc1cccc(Cl)c1C)CCC2. The van der Waals surface area contributed by atoms with E-state index < -0.39 is 0 Å². The largest absolute Gasteiger partial charge is 0.497 e. The molecule has 0 fully saturated rings. The Morgan fingerprint density at radius 1 is 1.24 bits per heavy atom. The Hall–Kier alpha value is -1.67. The molecule has 3 rings (SSSR count). The summed E-state index contributed by atoms with van der Waals surface area (Å²) in [6, 6.07) is 12.7. The number of ether oxygens (including phenoxy) is 1. The number of nitrogens with one attached hydrogen (secondary N) is 1. The molecule has 0 saturated carbocycles. The fourth-order valence-corrected chi connectivity index (χ4v) is 3.18. The van der Waals surface area contributed by atoms with Gasteiger partial charge < -0.3 is 10.1 Å². The molecular weight excluding hydrogens is 282 g/mol. The fourth-order valence-electron chi connectivity index (χ4n) is 3.01. The van der Waals surface area contributed by atoms with Crippen molar-refractivity contribution in [2.24, 2.45) is 0 Å². The number of hydrogen-bond acceptors (Lipinski definition) is 2. The molecule has 1 atom stereocenters. The lowest BCUT2D eigenvalue weighted by Crippen LogP contribution is -2.18. The van der Waals surface area contributed by atoms with E-state index in [2.05, 4.69) is 30.4 Å². The lowest BCUT2D eigenvalue weighted by molar-refractivity contribution is 0.413. The summed E-state index contributed by atoms with van der Waals surface area (Å²) in [6.45, 7) is 2.06. The second kappa shape index (κ2) is 5.98. The maximum atomic E-state index is 6.22. The van der Waals surface area contributed by atoms with Gasteiger partial charge in [0.25, 0.3) is 0 Å². The Balaban J connectivity index is 1.93. The van der Waals surface area contributed by atoms with Crippen LogP contribution in [-0.2, 0) is 6.42 Å². The van der Waals surface area contributed by atoms with Crippen molar-refractivity contribution in [1.29, 1.82) is 0 Å². The van der Waals surface area contributed by atoms with Crippen LogP contribution in [0.1, 0.15) is 35.6 Å². The van der Waals surface area contributed by atoms with Crippen molar-refractivity contribution in [2.75, 3.05) is 12.4 Å². The van der Waals surface area contributed by atoms with Gasteiger partial charge in [-0.05, 0) is 67.1 Å². The zero-order valence-corrected chi connectivity index (χ0v) is 13.2. The van der Waals surface area contributed by atoms with Crippen LogP contribution < -0.4 is 10.1 Å². The molecule has 0 aromatic heterocycles. The van der Waals surface area contributed by atoms with E-state index in [0.29, 0.717) is 6.04 Å². The van der Waals surface area contributed by atoms with Gasteiger partial charge in [0, 0.05) is 10.7 Å². The van der Waals surface area contributed by atoms with Crippen molar-refractivity contribution in [3.05, 3.63) is 58.1 Å². The average Bonchev–Trinajstić information content (AvgIpc) is 2.51. The van der Waals surface area contributed by atoms with Crippen molar-refractivity contribution in [3.63, 3.8) is 0 Å². The van der Waals surface area contributed by atoms with Gasteiger partial charge in [0.15, 0.2) is 0 Å². The minimum absolute atomic E-state index is 0.320. The molecule has 0 bridgehead atoms. The lowest BCUT2D eigenvalue weighted by Gasteiger charge is -2.28. The van der Waals surface area contributed by atoms with E-state index in [9.17, 15) is 0 Å². The third kappa shape index (κ3) is 2.86. The van der Waals surface area contributed by atoms with Gasteiger partial charge in [-0.25, -0.2) is 0 Å². The minimum Gasteiger partial charge on any atom is -0.497 e. The minimum atomic E-state index is 0.320. The smallest absolute Gasteiger partial charge is 0.119 e. The molecule has 2 nitrogen and oxygen atoms in total. The van der Waals surface area contributed by atoms with E-state index in [1.807, 2.05) is 18.2 Å². The molecule has 2 aromatic carbocycles. The third-order valence-electron chi connectivity index (χ3n) is 4.26. The van der Waals surface area contributed by atoms with Crippen LogP contribution in [0.4, 0.5) is 5.69 Å². The molecule has 2 aromatic rings. The van der Waals surface area contributed by atoms with Gasteiger partial charge in [0.1, 0.15) is 5.75 Å². The van der Waals surface area contributed by atoms with Crippen LogP contribution in [0, 0.1) is 6.92 Å². The first kappa shape index (κ1) is 14.3. The number of methoxy groups -OCH3 is 1. The first-order chi connectivity index (χ1) is 10.2. The van der Waals surface area contributed by atoms with E-state index in [1.165, 1.54) is 17.5 Å². The third-order valence-corrected chi connectivity index (χ3v) is 4.67. The van der Waals surface area contributed by atoms with Crippen LogP contribution in [0.2, 0.25) is 5.02 Å². The number of halogens is 1.